The van der Waals surface area contributed by atoms with E-state index in [1.165, 1.54) is 0 Å². The summed E-state index contributed by atoms with van der Waals surface area (Å²) in [6.07, 6.45) is 0.368. The molecule has 0 bridgehead atoms. The van der Waals surface area contributed by atoms with E-state index >= 15 is 0 Å². The third kappa shape index (κ3) is 2.56. The summed E-state index contributed by atoms with van der Waals surface area (Å²) in [6.45, 7) is 1.32. The van der Waals surface area contributed by atoms with E-state index in [-0.39, 0.29) is 11.9 Å². The molecule has 0 atom stereocenters. The number of hydrogen-bond donors (Lipinski definition) is 1. The van der Waals surface area contributed by atoms with E-state index in [1.807, 2.05) is 18.2 Å². The zero-order valence-corrected chi connectivity index (χ0v) is 10.7. The van der Waals surface area contributed by atoms with Gasteiger partial charge in [0, 0.05) is 19.1 Å². The number of amides is 1. The maximum Gasteiger partial charge on any atom is 0.227 e. The summed E-state index contributed by atoms with van der Waals surface area (Å²) in [5.41, 5.74) is 6.57. The van der Waals surface area contributed by atoms with Gasteiger partial charge in [-0.05, 0) is 17.7 Å². The van der Waals surface area contributed by atoms with Crippen molar-refractivity contribution in [2.45, 2.75) is 12.5 Å². The predicted molar refractivity (Wildman–Crippen MR) is 67.8 cm³/mol. The Bertz CT molecular complexity index is 442. The average Bonchev–Trinajstić information content (AvgIpc) is 2.34. The van der Waals surface area contributed by atoms with Crippen LogP contribution in [0.3, 0.4) is 0 Å². The van der Waals surface area contributed by atoms with E-state index in [4.69, 9.17) is 15.2 Å². The third-order valence-corrected chi connectivity index (χ3v) is 3.07. The molecule has 2 rings (SSSR count). The lowest BCUT2D eigenvalue weighted by molar-refractivity contribution is -0.134. The molecule has 1 aliphatic rings. The fourth-order valence-electron chi connectivity index (χ4n) is 1.99. The van der Waals surface area contributed by atoms with Gasteiger partial charge in [0.15, 0.2) is 11.5 Å². The summed E-state index contributed by atoms with van der Waals surface area (Å²) in [4.78, 5) is 13.7. The number of carbonyl (C=O) groups is 1. The molecular formula is C13H18N2O3. The number of benzene rings is 1. The van der Waals surface area contributed by atoms with Gasteiger partial charge in [0.25, 0.3) is 0 Å². The molecule has 18 heavy (non-hydrogen) atoms. The van der Waals surface area contributed by atoms with Crippen molar-refractivity contribution in [3.63, 3.8) is 0 Å². The highest BCUT2D eigenvalue weighted by atomic mass is 16.5. The first kappa shape index (κ1) is 12.7. The highest BCUT2D eigenvalue weighted by Crippen LogP contribution is 2.28. The molecule has 1 saturated heterocycles. The Balaban J connectivity index is 2.03. The van der Waals surface area contributed by atoms with Gasteiger partial charge in [0.1, 0.15) is 0 Å². The maximum atomic E-state index is 11.9. The van der Waals surface area contributed by atoms with Gasteiger partial charge in [-0.2, -0.15) is 0 Å². The first-order chi connectivity index (χ1) is 8.63. The Hall–Kier alpha value is -1.75. The lowest BCUT2D eigenvalue weighted by Crippen LogP contribution is -2.58. The monoisotopic (exact) mass is 250 g/mol. The molecule has 0 spiro atoms. The van der Waals surface area contributed by atoms with Gasteiger partial charge in [-0.25, -0.2) is 0 Å². The molecule has 0 aliphatic carbocycles. The summed E-state index contributed by atoms with van der Waals surface area (Å²) in [7, 11) is 3.17. The second kappa shape index (κ2) is 5.27. The fraction of sp³-hybridized carbons (Fsp3) is 0.462. The lowest BCUT2D eigenvalue weighted by atomic mass is 10.1. The van der Waals surface area contributed by atoms with Crippen molar-refractivity contribution in [1.29, 1.82) is 0 Å². The Labute approximate surface area is 106 Å². The molecule has 5 heteroatoms. The minimum Gasteiger partial charge on any atom is -0.493 e. The van der Waals surface area contributed by atoms with Crippen LogP contribution >= 0.6 is 0 Å². The largest absolute Gasteiger partial charge is 0.493 e. The summed E-state index contributed by atoms with van der Waals surface area (Å²) >= 11 is 0. The number of carbonyl (C=O) groups excluding carboxylic acids is 1. The molecule has 0 saturated carbocycles. The van der Waals surface area contributed by atoms with E-state index in [0.717, 1.165) is 5.56 Å². The molecule has 1 heterocycles. The van der Waals surface area contributed by atoms with Crippen LogP contribution in [0.15, 0.2) is 18.2 Å². The van der Waals surface area contributed by atoms with Crippen LogP contribution < -0.4 is 15.2 Å². The highest BCUT2D eigenvalue weighted by molar-refractivity contribution is 5.80. The topological polar surface area (TPSA) is 64.8 Å². The standard InChI is InChI=1S/C13H18N2O3/c1-17-11-4-3-9(5-12(11)18-2)6-13(16)15-7-10(14)8-15/h3-5,10H,6-8,14H2,1-2H3. The normalized spacial score (nSPS) is 15.2. The Morgan fingerprint density at radius 3 is 2.56 bits per heavy atom. The quantitative estimate of drug-likeness (QED) is 0.841. The molecule has 1 aliphatic heterocycles. The number of ether oxygens (including phenoxy) is 2. The molecule has 0 aromatic heterocycles. The molecule has 1 amide bonds. The molecule has 1 aromatic rings. The van der Waals surface area contributed by atoms with Crippen LogP contribution in [0.25, 0.3) is 0 Å². The van der Waals surface area contributed by atoms with Crippen LogP contribution in [0.1, 0.15) is 5.56 Å². The van der Waals surface area contributed by atoms with Gasteiger partial charge >= 0.3 is 0 Å². The van der Waals surface area contributed by atoms with Crippen LogP contribution in [-0.2, 0) is 11.2 Å². The van der Waals surface area contributed by atoms with Crippen molar-refractivity contribution < 1.29 is 14.3 Å². The summed E-state index contributed by atoms with van der Waals surface area (Å²) in [6, 6.07) is 5.65. The van der Waals surface area contributed by atoms with Gasteiger partial charge in [-0.15, -0.1) is 0 Å². The van der Waals surface area contributed by atoms with E-state index in [1.54, 1.807) is 19.1 Å². The number of nitrogens with zero attached hydrogens (tertiary/aromatic N) is 1. The predicted octanol–water partition coefficient (Wildman–Crippen LogP) is 0.416. The Morgan fingerprint density at radius 1 is 1.33 bits per heavy atom. The first-order valence-corrected chi connectivity index (χ1v) is 5.88. The highest BCUT2D eigenvalue weighted by Gasteiger charge is 2.27. The molecule has 0 radical (unpaired) electrons. The van der Waals surface area contributed by atoms with Crippen molar-refractivity contribution in [1.82, 2.24) is 4.90 Å². The minimum atomic E-state index is 0.101. The van der Waals surface area contributed by atoms with Crippen molar-refractivity contribution in [3.8, 4) is 11.5 Å². The summed E-state index contributed by atoms with van der Waals surface area (Å²) in [5, 5.41) is 0. The smallest absolute Gasteiger partial charge is 0.227 e. The van der Waals surface area contributed by atoms with E-state index in [9.17, 15) is 4.79 Å². The molecular weight excluding hydrogens is 232 g/mol. The lowest BCUT2D eigenvalue weighted by Gasteiger charge is -2.36. The van der Waals surface area contributed by atoms with Crippen molar-refractivity contribution in [3.05, 3.63) is 23.8 Å². The van der Waals surface area contributed by atoms with E-state index in [0.29, 0.717) is 31.0 Å². The van der Waals surface area contributed by atoms with Gasteiger partial charge in [0.05, 0.1) is 20.6 Å². The van der Waals surface area contributed by atoms with Gasteiger partial charge in [0.2, 0.25) is 5.91 Å². The fourth-order valence-corrected chi connectivity index (χ4v) is 1.99. The molecule has 1 aromatic carbocycles. The number of nitrogens with two attached hydrogens (primary N) is 1. The number of hydrogen-bond acceptors (Lipinski definition) is 4. The molecule has 0 unspecified atom stereocenters. The Kier molecular flexibility index (Phi) is 3.72. The second-order valence-corrected chi connectivity index (χ2v) is 4.42. The number of methoxy groups -OCH3 is 2. The van der Waals surface area contributed by atoms with Gasteiger partial charge in [-0.3, -0.25) is 4.79 Å². The average molecular weight is 250 g/mol. The SMILES string of the molecule is COc1ccc(CC(=O)N2CC(N)C2)cc1OC. The van der Waals surface area contributed by atoms with Crippen LogP contribution in [0.2, 0.25) is 0 Å². The zero-order valence-electron chi connectivity index (χ0n) is 10.7. The van der Waals surface area contributed by atoms with E-state index < -0.39 is 0 Å². The van der Waals surface area contributed by atoms with Crippen LogP contribution in [0.5, 0.6) is 11.5 Å². The molecule has 1 fully saturated rings. The first-order valence-electron chi connectivity index (χ1n) is 5.88. The van der Waals surface area contributed by atoms with E-state index in [2.05, 4.69) is 0 Å². The van der Waals surface area contributed by atoms with Crippen molar-refractivity contribution in [2.75, 3.05) is 27.3 Å². The number of likely N-dealkylation sites (tertiary alicyclic amines) is 1. The summed E-state index contributed by atoms with van der Waals surface area (Å²) < 4.78 is 10.4. The van der Waals surface area contributed by atoms with Crippen molar-refractivity contribution >= 4 is 5.91 Å². The molecule has 5 nitrogen and oxygen atoms in total. The van der Waals surface area contributed by atoms with Crippen LogP contribution in [0, 0.1) is 0 Å². The van der Waals surface area contributed by atoms with Gasteiger partial charge in [-0.1, -0.05) is 6.07 Å². The molecule has 2 N–H and O–H groups in total. The third-order valence-electron chi connectivity index (χ3n) is 3.07. The number of rotatable bonds is 4. The van der Waals surface area contributed by atoms with Crippen molar-refractivity contribution in [2.24, 2.45) is 5.73 Å². The molecule has 98 valence electrons. The van der Waals surface area contributed by atoms with Crippen LogP contribution in [-0.4, -0.2) is 44.2 Å². The van der Waals surface area contributed by atoms with Crippen LogP contribution in [0.4, 0.5) is 0 Å². The van der Waals surface area contributed by atoms with Gasteiger partial charge < -0.3 is 20.1 Å². The second-order valence-electron chi connectivity index (χ2n) is 4.42. The maximum absolute atomic E-state index is 11.9. The minimum absolute atomic E-state index is 0.101. The Morgan fingerprint density at radius 2 is 2.00 bits per heavy atom. The summed E-state index contributed by atoms with van der Waals surface area (Å²) in [5.74, 6) is 1.41. The zero-order chi connectivity index (χ0) is 13.1.